The monoisotopic (exact) mass is 552 g/mol. The summed E-state index contributed by atoms with van der Waals surface area (Å²) in [5.41, 5.74) is 10.8. The van der Waals surface area contributed by atoms with Crippen molar-refractivity contribution in [3.8, 4) is 0 Å². The van der Waals surface area contributed by atoms with Crippen molar-refractivity contribution in [2.45, 2.75) is 25.3 Å². The van der Waals surface area contributed by atoms with Gasteiger partial charge < -0.3 is 36.0 Å². The fourth-order valence-electron chi connectivity index (χ4n) is 4.10. The van der Waals surface area contributed by atoms with E-state index < -0.39 is 35.1 Å². The molecule has 2 aliphatic rings. The number of nitrogen functional groups attached to an aromatic ring is 1. The van der Waals surface area contributed by atoms with Crippen LogP contribution in [0.1, 0.15) is 19.7 Å². The first kappa shape index (κ1) is 28.1. The van der Waals surface area contributed by atoms with E-state index >= 15 is 0 Å². The van der Waals surface area contributed by atoms with Crippen LogP contribution >= 0.6 is 23.3 Å². The Bertz CT molecular complexity index is 1180. The van der Waals surface area contributed by atoms with E-state index in [1.54, 1.807) is 12.2 Å². The molecule has 1 aromatic heterocycles. The molecule has 0 spiro atoms. The van der Waals surface area contributed by atoms with Crippen molar-refractivity contribution in [3.05, 3.63) is 29.2 Å². The normalized spacial score (nSPS) is 20.0. The number of carboxylic acids is 1. The molecule has 2 atom stereocenters. The van der Waals surface area contributed by atoms with Crippen molar-refractivity contribution in [3.63, 3.8) is 0 Å². The summed E-state index contributed by atoms with van der Waals surface area (Å²) in [6.07, 6.45) is 3.41. The number of thioether (sulfide) groups is 1. The van der Waals surface area contributed by atoms with Gasteiger partial charge in [-0.2, -0.15) is 9.36 Å². The number of nitrogens with two attached hydrogens (primary N) is 2. The highest BCUT2D eigenvalue weighted by Crippen LogP contribution is 2.40. The molecule has 200 valence electrons. The topological polar surface area (TPSA) is 206 Å². The van der Waals surface area contributed by atoms with Crippen molar-refractivity contribution in [1.82, 2.24) is 19.6 Å². The first-order valence-corrected chi connectivity index (χ1v) is 13.1. The number of amides is 3. The third-order valence-electron chi connectivity index (χ3n) is 6.17. The highest BCUT2D eigenvalue weighted by atomic mass is 32.2. The van der Waals surface area contributed by atoms with Crippen LogP contribution in [0.2, 0.25) is 0 Å². The van der Waals surface area contributed by atoms with Gasteiger partial charge in [-0.15, -0.1) is 11.8 Å². The molecule has 1 saturated heterocycles. The highest BCUT2D eigenvalue weighted by molar-refractivity contribution is 8.00. The van der Waals surface area contributed by atoms with Crippen molar-refractivity contribution in [1.29, 1.82) is 0 Å². The third-order valence-corrected chi connectivity index (χ3v) is 8.02. The first-order valence-electron chi connectivity index (χ1n) is 11.3. The Morgan fingerprint density at radius 3 is 2.59 bits per heavy atom. The second-order valence-electron chi connectivity index (χ2n) is 8.28. The minimum Gasteiger partial charge on any atom is -0.543 e. The molecule has 0 saturated carbocycles. The lowest BCUT2D eigenvalue weighted by Gasteiger charge is -2.50. The summed E-state index contributed by atoms with van der Waals surface area (Å²) in [5.74, 6) is -3.11. The second-order valence-corrected chi connectivity index (χ2v) is 10.2. The molecule has 3 heterocycles. The van der Waals surface area contributed by atoms with E-state index in [1.807, 2.05) is 13.8 Å². The van der Waals surface area contributed by atoms with Gasteiger partial charge in [-0.1, -0.05) is 11.2 Å². The number of aliphatic carboxylic acids is 1. The van der Waals surface area contributed by atoms with Crippen LogP contribution in [-0.2, 0) is 24.0 Å². The number of rotatable bonds is 12. The number of hydrogen-bond acceptors (Lipinski definition) is 12. The molecule has 0 aromatic carbocycles. The van der Waals surface area contributed by atoms with Gasteiger partial charge in [0.15, 0.2) is 11.7 Å². The van der Waals surface area contributed by atoms with Gasteiger partial charge in [0.1, 0.15) is 18.5 Å². The van der Waals surface area contributed by atoms with Crippen LogP contribution in [0.4, 0.5) is 5.13 Å². The Labute approximate surface area is 221 Å². The molecular weight excluding hydrogens is 524 g/mol. The van der Waals surface area contributed by atoms with E-state index in [4.69, 9.17) is 16.3 Å². The van der Waals surface area contributed by atoms with E-state index in [-0.39, 0.29) is 34.7 Å². The van der Waals surface area contributed by atoms with Crippen LogP contribution in [0.3, 0.4) is 0 Å². The number of allylic oxidation sites excluding steroid dienone is 1. The average molecular weight is 553 g/mol. The average Bonchev–Trinajstić information content (AvgIpc) is 3.29. The van der Waals surface area contributed by atoms with E-state index in [2.05, 4.69) is 19.8 Å². The number of fused-ring (bicyclic) bond motifs is 1. The van der Waals surface area contributed by atoms with Crippen LogP contribution in [0.5, 0.6) is 0 Å². The number of carbonyl (C=O) groups excluding carboxylic acids is 4. The highest BCUT2D eigenvalue weighted by Gasteiger charge is 2.53. The molecular formula is C21H28N8O6S2. The second kappa shape index (κ2) is 11.7. The van der Waals surface area contributed by atoms with Crippen molar-refractivity contribution in [2.75, 3.05) is 44.8 Å². The number of likely N-dealkylation sites (N-methyl/N-ethyl adjacent to an activating group) is 1. The predicted octanol–water partition coefficient (Wildman–Crippen LogP) is -2.23. The number of carbonyl (C=O) groups is 4. The molecule has 37 heavy (non-hydrogen) atoms. The number of carboxylic acid groups (broad SMARTS) is 1. The van der Waals surface area contributed by atoms with Crippen LogP contribution in [0.25, 0.3) is 0 Å². The lowest BCUT2D eigenvalue weighted by atomic mass is 10.0. The summed E-state index contributed by atoms with van der Waals surface area (Å²) in [4.78, 5) is 59.0. The molecule has 3 rings (SSSR count). The maximum atomic E-state index is 12.9. The van der Waals surface area contributed by atoms with Gasteiger partial charge >= 0.3 is 0 Å². The van der Waals surface area contributed by atoms with E-state index in [0.717, 1.165) is 16.4 Å². The zero-order chi connectivity index (χ0) is 27.3. The van der Waals surface area contributed by atoms with Gasteiger partial charge in [0.25, 0.3) is 17.7 Å². The molecule has 2 aliphatic heterocycles. The predicted molar refractivity (Wildman–Crippen MR) is 134 cm³/mol. The third kappa shape index (κ3) is 5.91. The molecule has 16 heteroatoms. The largest absolute Gasteiger partial charge is 0.543 e. The Kier molecular flexibility index (Phi) is 8.88. The fraction of sp³-hybridized carbons (Fsp3) is 0.476. The standard InChI is InChI=1S/C21H28N8O6S2/c1-4-29(5-2,9-12(22)30)8-6-7-11-10-36-19-14(18(32)28(19)15(11)20(33)34)24-17(31)13(26-35-3)16-25-21(23)37-27-16/h6-7,14,19H,4-5,8-10H2,1-3H3,(H5-,22,23,24,25,27,30,31,33,34)/b7-6+,26-13-/t14-,19-/m1/s1. The Morgan fingerprint density at radius 2 is 2.05 bits per heavy atom. The van der Waals surface area contributed by atoms with E-state index in [9.17, 15) is 24.3 Å². The molecule has 1 fully saturated rings. The zero-order valence-corrected chi connectivity index (χ0v) is 22.1. The van der Waals surface area contributed by atoms with Crippen LogP contribution in [0, 0.1) is 0 Å². The minimum absolute atomic E-state index is 0.0607. The van der Waals surface area contributed by atoms with Gasteiger partial charge in [0.05, 0.1) is 31.3 Å². The molecule has 5 N–H and O–H groups in total. The lowest BCUT2D eigenvalue weighted by molar-refractivity contribution is -0.911. The summed E-state index contributed by atoms with van der Waals surface area (Å²) in [7, 11) is 1.24. The lowest BCUT2D eigenvalue weighted by Crippen LogP contribution is -2.71. The summed E-state index contributed by atoms with van der Waals surface area (Å²) in [5, 5.41) is 17.7. The van der Waals surface area contributed by atoms with Gasteiger partial charge in [0.2, 0.25) is 11.5 Å². The summed E-state index contributed by atoms with van der Waals surface area (Å²) in [6, 6.07) is -1.00. The van der Waals surface area contributed by atoms with E-state index in [0.29, 0.717) is 29.7 Å². The summed E-state index contributed by atoms with van der Waals surface area (Å²) in [6.45, 7) is 5.83. The fourth-order valence-corrected chi connectivity index (χ4v) is 5.85. The first-order chi connectivity index (χ1) is 17.6. The van der Waals surface area contributed by atoms with Crippen molar-refractivity contribution >= 4 is 57.8 Å². The maximum Gasteiger partial charge on any atom is 0.278 e. The molecule has 0 aliphatic carbocycles. The number of aromatic nitrogens is 2. The molecule has 3 amide bonds. The van der Waals surface area contributed by atoms with Crippen LogP contribution in [-0.4, -0.2) is 98.6 Å². The minimum atomic E-state index is -1.50. The Balaban J connectivity index is 1.77. The molecule has 0 unspecified atom stereocenters. The maximum absolute atomic E-state index is 12.9. The number of quaternary nitrogens is 1. The number of oxime groups is 1. The zero-order valence-electron chi connectivity index (χ0n) is 20.5. The number of β-lactam (4-membered cyclic amide) rings is 1. The Hall–Kier alpha value is -3.50. The summed E-state index contributed by atoms with van der Waals surface area (Å²) < 4.78 is 4.35. The Morgan fingerprint density at radius 1 is 1.35 bits per heavy atom. The molecule has 0 radical (unpaired) electrons. The number of hydrogen-bond donors (Lipinski definition) is 3. The van der Waals surface area contributed by atoms with E-state index in [1.165, 1.54) is 18.9 Å². The molecule has 14 nitrogen and oxygen atoms in total. The molecule has 0 bridgehead atoms. The van der Waals surface area contributed by atoms with Gasteiger partial charge in [-0.25, -0.2) is 0 Å². The molecule has 1 aromatic rings. The van der Waals surface area contributed by atoms with Gasteiger partial charge in [-0.05, 0) is 25.5 Å². The quantitative estimate of drug-likeness (QED) is 0.110. The smallest absolute Gasteiger partial charge is 0.278 e. The van der Waals surface area contributed by atoms with Crippen LogP contribution < -0.4 is 21.9 Å². The van der Waals surface area contributed by atoms with Gasteiger partial charge in [-0.3, -0.25) is 19.3 Å². The number of primary amides is 1. The van der Waals surface area contributed by atoms with Crippen molar-refractivity contribution < 1.29 is 33.6 Å². The van der Waals surface area contributed by atoms with Crippen molar-refractivity contribution in [2.24, 2.45) is 10.9 Å². The number of nitrogens with one attached hydrogen (secondary N) is 1. The number of anilines is 1. The number of nitrogens with zero attached hydrogens (tertiary/aromatic N) is 5. The van der Waals surface area contributed by atoms with Crippen LogP contribution in [0.15, 0.2) is 28.6 Å². The summed E-state index contributed by atoms with van der Waals surface area (Å²) >= 11 is 2.15. The SMILES string of the molecule is CC[N+](CC)(C/C=C/C1=C(C(=O)[O-])N2C(=O)[C@@H](NC(=O)/C(=N\OC)c3nsc(N)n3)[C@H]2SC1)CC(N)=O. The van der Waals surface area contributed by atoms with Gasteiger partial charge in [0, 0.05) is 17.3 Å².